The number of hydrogen-bond donors (Lipinski definition) is 4. The first-order valence-electron chi connectivity index (χ1n) is 13.3. The molecular weight excluding hydrogens is 454 g/mol. The minimum Gasteiger partial charge on any atom is -0.301 e. The third-order valence-corrected chi connectivity index (χ3v) is 12.3. The maximum atomic E-state index is 3.85. The molecule has 1 aromatic carbocycles. The van der Waals surface area contributed by atoms with E-state index in [1.165, 1.54) is 29.5 Å². The van der Waals surface area contributed by atoms with E-state index in [9.17, 15) is 0 Å². The van der Waals surface area contributed by atoms with Crippen LogP contribution in [-0.2, 0) is 16.7 Å². The molecule has 1 unspecified atom stereocenters. The lowest BCUT2D eigenvalue weighted by molar-refractivity contribution is 0.205. The highest BCUT2D eigenvalue weighted by Gasteiger charge is 2.46. The molecule has 4 N–H and O–H groups in total. The molecular formula is C28H52N4P2. The van der Waals surface area contributed by atoms with Gasteiger partial charge in [-0.05, 0) is 77.6 Å². The molecule has 0 amide bonds. The van der Waals surface area contributed by atoms with Gasteiger partial charge in [0, 0.05) is 0 Å². The topological polar surface area (TPSA) is 48.1 Å². The summed E-state index contributed by atoms with van der Waals surface area (Å²) in [6.45, 7) is 25.9. The molecule has 0 radical (unpaired) electrons. The maximum absolute atomic E-state index is 3.85. The summed E-state index contributed by atoms with van der Waals surface area (Å²) < 4.78 is 0. The zero-order valence-electron chi connectivity index (χ0n) is 23.4. The van der Waals surface area contributed by atoms with Crippen LogP contribution in [-0.4, -0.2) is 48.8 Å². The molecule has 0 aromatic heterocycles. The standard InChI is InChI=1S/C28H52N4P2/c1-25(2,3)21-13-12-20(19-34(26(4,5)6)27(7,8)9)22(18-21)28(33,23-29-14-10-15-30-23)24-31-16-11-17-32-24/h12-13,18,23-24,29-32H,10-11,14-17,19,33H2,1-9H3. The van der Waals surface area contributed by atoms with Crippen molar-refractivity contribution in [3.63, 3.8) is 0 Å². The Balaban J connectivity index is 2.19. The van der Waals surface area contributed by atoms with Crippen molar-refractivity contribution in [3.8, 4) is 0 Å². The molecule has 2 saturated heterocycles. The minimum atomic E-state index is -0.246. The predicted octanol–water partition coefficient (Wildman–Crippen LogP) is 5.45. The molecule has 2 heterocycles. The molecule has 2 aliphatic heterocycles. The highest BCUT2D eigenvalue weighted by molar-refractivity contribution is 7.60. The van der Waals surface area contributed by atoms with Crippen molar-refractivity contribution in [2.24, 2.45) is 0 Å². The SMILES string of the molecule is CC(C)(C)c1ccc(CP(C(C)(C)C)C(C)(C)C)c(C(P)(C2NCCCN2)C2NCCCN2)c1. The molecule has 1 atom stereocenters. The van der Waals surface area contributed by atoms with Gasteiger partial charge in [0.2, 0.25) is 0 Å². The Hall–Kier alpha value is -0.0800. The molecule has 0 bridgehead atoms. The van der Waals surface area contributed by atoms with Crippen LogP contribution in [0.5, 0.6) is 0 Å². The summed E-state index contributed by atoms with van der Waals surface area (Å²) in [5.74, 6) is 0. The summed E-state index contributed by atoms with van der Waals surface area (Å²) in [5, 5.41) is 15.8. The van der Waals surface area contributed by atoms with Crippen molar-refractivity contribution < 1.29 is 0 Å². The zero-order chi connectivity index (χ0) is 25.4. The minimum absolute atomic E-state index is 0.110. The Morgan fingerprint density at radius 3 is 1.59 bits per heavy atom. The van der Waals surface area contributed by atoms with Crippen LogP contribution in [0.15, 0.2) is 18.2 Å². The van der Waals surface area contributed by atoms with Crippen LogP contribution in [0.4, 0.5) is 0 Å². The van der Waals surface area contributed by atoms with E-state index >= 15 is 0 Å². The van der Waals surface area contributed by atoms with Gasteiger partial charge in [0.05, 0.1) is 17.5 Å². The number of rotatable bonds is 5. The van der Waals surface area contributed by atoms with Gasteiger partial charge in [-0.25, -0.2) is 0 Å². The first-order valence-corrected chi connectivity index (χ1v) is 15.4. The van der Waals surface area contributed by atoms with Gasteiger partial charge in [-0.1, -0.05) is 88.4 Å². The number of benzene rings is 1. The van der Waals surface area contributed by atoms with Gasteiger partial charge in [0.1, 0.15) is 0 Å². The second-order valence-corrected chi connectivity index (χ2v) is 18.2. The lowest BCUT2D eigenvalue weighted by Gasteiger charge is -2.49. The third kappa shape index (κ3) is 6.42. The molecule has 2 fully saturated rings. The van der Waals surface area contributed by atoms with Crippen molar-refractivity contribution in [1.29, 1.82) is 0 Å². The van der Waals surface area contributed by atoms with Crippen molar-refractivity contribution in [3.05, 3.63) is 34.9 Å². The fraction of sp³-hybridized carbons (Fsp3) is 0.786. The third-order valence-electron chi connectivity index (χ3n) is 7.45. The van der Waals surface area contributed by atoms with Crippen LogP contribution in [0.2, 0.25) is 0 Å². The Bertz CT molecular complexity index is 775. The zero-order valence-corrected chi connectivity index (χ0v) is 25.4. The van der Waals surface area contributed by atoms with E-state index < -0.39 is 0 Å². The van der Waals surface area contributed by atoms with E-state index in [2.05, 4.69) is 111 Å². The van der Waals surface area contributed by atoms with Crippen LogP contribution >= 0.6 is 17.2 Å². The van der Waals surface area contributed by atoms with E-state index in [4.69, 9.17) is 0 Å². The second-order valence-electron chi connectivity index (χ2n) is 13.4. The van der Waals surface area contributed by atoms with Gasteiger partial charge >= 0.3 is 0 Å². The molecule has 4 nitrogen and oxygen atoms in total. The van der Waals surface area contributed by atoms with E-state index in [-0.39, 0.29) is 30.8 Å². The molecule has 6 heteroatoms. The Kier molecular flexibility index (Phi) is 8.99. The lowest BCUT2D eigenvalue weighted by atomic mass is 9.80. The molecule has 0 aliphatic carbocycles. The largest absolute Gasteiger partial charge is 0.301 e. The molecule has 34 heavy (non-hydrogen) atoms. The van der Waals surface area contributed by atoms with E-state index in [1.54, 1.807) is 0 Å². The van der Waals surface area contributed by atoms with Gasteiger partial charge in [0.15, 0.2) is 0 Å². The van der Waals surface area contributed by atoms with E-state index in [0.29, 0.717) is 10.3 Å². The normalized spacial score (nSPS) is 20.2. The molecule has 1 aromatic rings. The fourth-order valence-corrected chi connectivity index (χ4v) is 10.0. The average Bonchev–Trinajstić information content (AvgIpc) is 2.76. The monoisotopic (exact) mass is 506 g/mol. The van der Waals surface area contributed by atoms with E-state index in [0.717, 1.165) is 32.3 Å². The summed E-state index contributed by atoms with van der Waals surface area (Å²) in [6.07, 6.45) is 3.89. The van der Waals surface area contributed by atoms with E-state index in [1.807, 2.05) is 0 Å². The number of nitrogens with one attached hydrogen (secondary N) is 4. The van der Waals surface area contributed by atoms with Crippen LogP contribution in [0, 0.1) is 0 Å². The summed E-state index contributed by atoms with van der Waals surface area (Å²) in [5.41, 5.74) is 4.52. The van der Waals surface area contributed by atoms with Crippen LogP contribution < -0.4 is 21.3 Å². The first-order chi connectivity index (χ1) is 15.6. The quantitative estimate of drug-likeness (QED) is 0.401. The van der Waals surface area contributed by atoms with Gasteiger partial charge in [0.25, 0.3) is 0 Å². The molecule has 0 spiro atoms. The second kappa shape index (κ2) is 10.7. The van der Waals surface area contributed by atoms with Crippen LogP contribution in [0.1, 0.15) is 91.8 Å². The van der Waals surface area contributed by atoms with Crippen molar-refractivity contribution in [2.45, 2.75) is 115 Å². The fourth-order valence-electron chi connectivity index (χ4n) is 5.69. The van der Waals surface area contributed by atoms with Gasteiger partial charge in [-0.15, -0.1) is 9.24 Å². The van der Waals surface area contributed by atoms with Gasteiger partial charge < -0.3 is 21.3 Å². The Morgan fingerprint density at radius 2 is 1.21 bits per heavy atom. The molecule has 2 aliphatic rings. The molecule has 3 rings (SSSR count). The van der Waals surface area contributed by atoms with Crippen LogP contribution in [0.3, 0.4) is 0 Å². The van der Waals surface area contributed by atoms with Gasteiger partial charge in [-0.2, -0.15) is 0 Å². The predicted molar refractivity (Wildman–Crippen MR) is 155 cm³/mol. The maximum Gasteiger partial charge on any atom is 0.0735 e. The lowest BCUT2D eigenvalue weighted by Crippen LogP contribution is -2.69. The van der Waals surface area contributed by atoms with Crippen LogP contribution in [0.25, 0.3) is 0 Å². The summed E-state index contributed by atoms with van der Waals surface area (Å²) in [4.78, 5) is 0. The smallest absolute Gasteiger partial charge is 0.0735 e. The summed E-state index contributed by atoms with van der Waals surface area (Å²) in [6, 6.07) is 7.40. The number of hydrogen-bond acceptors (Lipinski definition) is 4. The highest BCUT2D eigenvalue weighted by atomic mass is 31.1. The highest BCUT2D eigenvalue weighted by Crippen LogP contribution is 2.62. The summed E-state index contributed by atoms with van der Waals surface area (Å²) in [7, 11) is 3.10. The van der Waals surface area contributed by atoms with Crippen molar-refractivity contribution in [1.82, 2.24) is 21.3 Å². The Labute approximate surface area is 213 Å². The average molecular weight is 507 g/mol. The van der Waals surface area contributed by atoms with Gasteiger partial charge in [-0.3, -0.25) is 0 Å². The van der Waals surface area contributed by atoms with Crippen molar-refractivity contribution >= 4 is 17.2 Å². The Morgan fingerprint density at radius 1 is 0.765 bits per heavy atom. The molecule has 194 valence electrons. The summed E-state index contributed by atoms with van der Waals surface area (Å²) >= 11 is 0. The first kappa shape index (κ1) is 28.5. The van der Waals surface area contributed by atoms with Crippen molar-refractivity contribution in [2.75, 3.05) is 26.2 Å². The molecule has 0 saturated carbocycles.